The second-order valence-electron chi connectivity index (χ2n) is 10.1. The van der Waals surface area contributed by atoms with Crippen LogP contribution in [0.3, 0.4) is 0 Å². The van der Waals surface area contributed by atoms with Gasteiger partial charge < -0.3 is 24.8 Å². The maximum absolute atomic E-state index is 2.69. The molecule has 1 unspecified atom stereocenters. The largest absolute Gasteiger partial charge is 1.00 e. The van der Waals surface area contributed by atoms with Crippen molar-refractivity contribution in [3.8, 4) is 0 Å². The van der Waals surface area contributed by atoms with Crippen LogP contribution in [0.1, 0.15) is 78.8 Å². The predicted molar refractivity (Wildman–Crippen MR) is 124 cm³/mol. The number of rotatable bonds is 4. The van der Waals surface area contributed by atoms with Gasteiger partial charge in [0.25, 0.3) is 0 Å². The van der Waals surface area contributed by atoms with Crippen LogP contribution in [0.25, 0.3) is 6.08 Å². The smallest absolute Gasteiger partial charge is 1.00 e. The van der Waals surface area contributed by atoms with Crippen molar-refractivity contribution in [3.05, 3.63) is 61.5 Å². The maximum atomic E-state index is 2.69. The van der Waals surface area contributed by atoms with Gasteiger partial charge in [-0.05, 0) is 0 Å². The fourth-order valence-electron chi connectivity index (χ4n) is 6.75. The minimum absolute atomic E-state index is 0. The van der Waals surface area contributed by atoms with Crippen molar-refractivity contribution in [1.82, 2.24) is 0 Å². The van der Waals surface area contributed by atoms with E-state index in [0.29, 0.717) is 11.8 Å². The summed E-state index contributed by atoms with van der Waals surface area (Å²) in [5, 5.41) is 0. The van der Waals surface area contributed by atoms with Crippen molar-refractivity contribution >= 4 is 16.9 Å². The van der Waals surface area contributed by atoms with Crippen molar-refractivity contribution in [2.45, 2.75) is 80.7 Å². The van der Waals surface area contributed by atoms with Crippen LogP contribution >= 0.6 is 0 Å². The molecular formula is C25H34Cl2Si2Zr. The summed E-state index contributed by atoms with van der Waals surface area (Å²) in [5.41, 5.74) is 8.31. The first kappa shape index (κ1) is 25.0. The molecule has 5 rings (SSSR count). The summed E-state index contributed by atoms with van der Waals surface area (Å²) in [7, 11) is 0. The van der Waals surface area contributed by atoms with Crippen LogP contribution in [0.5, 0.6) is 0 Å². The summed E-state index contributed by atoms with van der Waals surface area (Å²) >= 11 is -2.36. The van der Waals surface area contributed by atoms with E-state index in [1.807, 2.05) is 5.56 Å². The van der Waals surface area contributed by atoms with Crippen LogP contribution in [-0.2, 0) is 17.5 Å². The van der Waals surface area contributed by atoms with Crippen molar-refractivity contribution in [2.75, 3.05) is 0 Å². The molecule has 2 aliphatic carbocycles. The topological polar surface area (TPSA) is 0 Å². The molecule has 0 amide bonds. The van der Waals surface area contributed by atoms with E-state index >= 15 is 0 Å². The Kier molecular flexibility index (Phi) is 7.74. The molecule has 5 heteroatoms. The molecule has 0 radical (unpaired) electrons. The van der Waals surface area contributed by atoms with E-state index in [1.54, 1.807) is 46.4 Å². The van der Waals surface area contributed by atoms with Crippen molar-refractivity contribution in [2.24, 2.45) is 0 Å². The quantitative estimate of drug-likeness (QED) is 0.496. The van der Waals surface area contributed by atoms with Crippen molar-refractivity contribution in [1.29, 1.82) is 0 Å². The molecule has 2 heterocycles. The molecule has 0 spiro atoms. The van der Waals surface area contributed by atoms with E-state index in [0.717, 1.165) is 3.63 Å². The summed E-state index contributed by atoms with van der Waals surface area (Å²) in [6.07, 6.45) is 11.5. The third-order valence-electron chi connectivity index (χ3n) is 7.98. The molecule has 1 aromatic carbocycles. The van der Waals surface area contributed by atoms with Gasteiger partial charge in [-0.15, -0.1) is 0 Å². The molecule has 0 fully saturated rings. The minimum atomic E-state index is -2.36. The van der Waals surface area contributed by atoms with Crippen LogP contribution < -0.4 is 24.8 Å². The average Bonchev–Trinajstić information content (AvgIpc) is 3.42. The molecule has 1 atom stereocenters. The molecule has 2 aliphatic heterocycles. The molecule has 0 saturated carbocycles. The van der Waals surface area contributed by atoms with Crippen molar-refractivity contribution in [3.63, 3.8) is 0 Å². The molecule has 0 nitrogen and oxygen atoms in total. The molecular weight excluding hydrogens is 519 g/mol. The molecule has 0 N–H and O–H groups in total. The molecule has 1 aromatic rings. The zero-order valence-corrected chi connectivity index (χ0v) is 25.0. The first-order valence-corrected chi connectivity index (χ1v) is 25.2. The van der Waals surface area contributed by atoms with Crippen LogP contribution in [0, 0.1) is 0 Å². The van der Waals surface area contributed by atoms with Gasteiger partial charge in [0.15, 0.2) is 0 Å². The zero-order valence-electron chi connectivity index (χ0n) is 19.0. The van der Waals surface area contributed by atoms with Gasteiger partial charge >= 0.3 is 177 Å². The SMILES string of the molecule is CC1=Cc2c(C(C)C)cc(C(C)C)cc2[CH]1[Zr+2]1([C]2=CC=CC2)=[Si]2CC[Si]=1CC2.[Cl-].[Cl-]. The Morgan fingerprint density at radius 2 is 1.57 bits per heavy atom. The number of hydrogen-bond donors (Lipinski definition) is 0. The van der Waals surface area contributed by atoms with E-state index in [1.165, 1.54) is 6.42 Å². The van der Waals surface area contributed by atoms with Crippen LogP contribution in [0.15, 0.2) is 39.2 Å². The number of fused-ring (bicyclic) bond motifs is 1. The zero-order chi connectivity index (χ0) is 19.6. The monoisotopic (exact) mass is 550 g/mol. The van der Waals surface area contributed by atoms with Gasteiger partial charge in [0.1, 0.15) is 0 Å². The Labute approximate surface area is 200 Å². The molecule has 160 valence electrons. The second kappa shape index (κ2) is 9.30. The second-order valence-corrected chi connectivity index (χ2v) is 44.2. The molecule has 0 aromatic heterocycles. The molecule has 4 aliphatic rings. The van der Waals surface area contributed by atoms with Crippen LogP contribution in [0.2, 0.25) is 24.2 Å². The Bertz CT molecular complexity index is 1060. The number of allylic oxidation sites excluding steroid dienone is 5. The van der Waals surface area contributed by atoms with E-state index in [2.05, 4.69) is 74.3 Å². The van der Waals surface area contributed by atoms with Gasteiger partial charge in [0, 0.05) is 0 Å². The fourth-order valence-corrected chi connectivity index (χ4v) is 85.9. The summed E-state index contributed by atoms with van der Waals surface area (Å²) in [6.45, 7) is 12.1. The van der Waals surface area contributed by atoms with Gasteiger partial charge in [-0.3, -0.25) is 0 Å². The van der Waals surface area contributed by atoms with Crippen LogP contribution in [0.4, 0.5) is 0 Å². The predicted octanol–water partition coefficient (Wildman–Crippen LogP) is 1.41. The van der Waals surface area contributed by atoms with E-state index in [4.69, 9.17) is 0 Å². The summed E-state index contributed by atoms with van der Waals surface area (Å²) in [6, 6.07) is 12.0. The summed E-state index contributed by atoms with van der Waals surface area (Å²) in [4.78, 5) is 0. The van der Waals surface area contributed by atoms with Gasteiger partial charge in [-0.1, -0.05) is 0 Å². The van der Waals surface area contributed by atoms with Gasteiger partial charge in [0.05, 0.1) is 0 Å². The van der Waals surface area contributed by atoms with Gasteiger partial charge in [-0.2, -0.15) is 0 Å². The van der Waals surface area contributed by atoms with Crippen molar-refractivity contribution < 1.29 is 42.3 Å². The van der Waals surface area contributed by atoms with E-state index < -0.39 is 17.5 Å². The number of hydrogen-bond acceptors (Lipinski definition) is 0. The van der Waals surface area contributed by atoms with Gasteiger partial charge in [-0.25, -0.2) is 0 Å². The first-order chi connectivity index (χ1) is 13.4. The fraction of sp³-hybridized carbons (Fsp3) is 0.520. The Morgan fingerprint density at radius 3 is 2.07 bits per heavy atom. The first-order valence-electron chi connectivity index (χ1n) is 11.4. The summed E-state index contributed by atoms with van der Waals surface area (Å²) in [5.74, 6) is 1.25. The van der Waals surface area contributed by atoms with E-state index in [9.17, 15) is 0 Å². The number of benzene rings is 1. The molecule has 30 heavy (non-hydrogen) atoms. The Hall–Kier alpha value is 0.337. The third-order valence-corrected chi connectivity index (χ3v) is 65.6. The molecule has 0 saturated heterocycles. The minimum Gasteiger partial charge on any atom is -1.00 e. The van der Waals surface area contributed by atoms with Gasteiger partial charge in [0.2, 0.25) is 0 Å². The van der Waals surface area contributed by atoms with E-state index in [-0.39, 0.29) is 35.7 Å². The standard InChI is InChI=1S/C16H21.C5H5.C4H8Si2.2ClH.Zr/c1-10(2)13-8-14-6-12(5)7-16(14)15(9-13)11(3)4;1-2-4-5-3-1;1-2-6-4-3-5-1;;;/h6-11H,1-5H3;1-3H,4H2;1-4H2;2*1H;/q;;;;;+2/p-2. The Balaban J connectivity index is 0.00000128. The molecule has 2 bridgehead atoms. The summed E-state index contributed by atoms with van der Waals surface area (Å²) < 4.78 is 2.96. The normalized spacial score (nSPS) is 20.8. The maximum Gasteiger partial charge on any atom is -1.00 e. The average molecular weight is 553 g/mol. The Morgan fingerprint density at radius 1 is 0.933 bits per heavy atom. The number of halogens is 2. The third kappa shape index (κ3) is 3.54. The van der Waals surface area contributed by atoms with Crippen LogP contribution in [-0.4, -0.2) is 10.9 Å².